The predicted molar refractivity (Wildman–Crippen MR) is 159 cm³/mol. The second kappa shape index (κ2) is 13.4. The van der Waals surface area contributed by atoms with Crippen LogP contribution in [0.15, 0.2) is 42.5 Å². The second-order valence-corrected chi connectivity index (χ2v) is 10.1. The van der Waals surface area contributed by atoms with E-state index >= 15 is 0 Å². The maximum atomic E-state index is 14.1. The number of aryl methyl sites for hydroxylation is 2. The van der Waals surface area contributed by atoms with Crippen molar-refractivity contribution in [3.05, 3.63) is 76.0 Å². The number of aromatic nitrogens is 2. The molecule has 0 saturated carbocycles. The number of nitrogens with two attached hydrogens (primary N) is 1. The lowest BCUT2D eigenvalue weighted by molar-refractivity contribution is -0.123. The number of nitrogens with one attached hydrogen (secondary N) is 2. The topological polar surface area (TPSA) is 170 Å². The van der Waals surface area contributed by atoms with E-state index in [-0.39, 0.29) is 36.4 Å². The standard InChI is InChI=1S/C31H32N8O3/c1-19-14-22(6-4-12-32)15-20(2)27(19)37-29-26(30(41)39-13-5-7-23(17-39)28(34)40)25(18-42-3)36-31(38-29)35-24-10-8-21(16-33)9-11-24/h4,6,8-11,14-15,23H,5,7,13,17-18H2,1-3H3,(H2,34,40)(H2,35,36,37,38)/b6-4+. The Labute approximate surface area is 244 Å². The summed E-state index contributed by atoms with van der Waals surface area (Å²) in [6, 6.07) is 14.8. The average molecular weight is 565 g/mol. The van der Waals surface area contributed by atoms with E-state index in [1.165, 1.54) is 13.2 Å². The molecule has 4 rings (SSSR count). The lowest BCUT2D eigenvalue weighted by Crippen LogP contribution is -2.44. The molecule has 3 aromatic rings. The molecule has 0 aliphatic carbocycles. The Morgan fingerprint density at radius 3 is 2.48 bits per heavy atom. The first-order chi connectivity index (χ1) is 20.2. The zero-order valence-corrected chi connectivity index (χ0v) is 23.8. The summed E-state index contributed by atoms with van der Waals surface area (Å²) in [5, 5.41) is 24.6. The molecule has 214 valence electrons. The molecule has 11 nitrogen and oxygen atoms in total. The molecule has 2 amide bonds. The molecular weight excluding hydrogens is 532 g/mol. The van der Waals surface area contributed by atoms with Crippen molar-refractivity contribution in [2.45, 2.75) is 33.3 Å². The molecule has 1 unspecified atom stereocenters. The van der Waals surface area contributed by atoms with Crippen LogP contribution in [0.5, 0.6) is 0 Å². The summed E-state index contributed by atoms with van der Waals surface area (Å²) in [7, 11) is 1.52. The zero-order valence-electron chi connectivity index (χ0n) is 23.8. The fraction of sp³-hybridized carbons (Fsp3) is 0.290. The Hall–Kier alpha value is -5.26. The van der Waals surface area contributed by atoms with Gasteiger partial charge in [0.15, 0.2) is 0 Å². The highest BCUT2D eigenvalue weighted by Gasteiger charge is 2.31. The van der Waals surface area contributed by atoms with Gasteiger partial charge in [-0.2, -0.15) is 15.5 Å². The number of carbonyl (C=O) groups is 2. The minimum Gasteiger partial charge on any atom is -0.378 e. The Balaban J connectivity index is 1.82. The number of primary amides is 1. The van der Waals surface area contributed by atoms with E-state index in [0.717, 1.165) is 22.4 Å². The Morgan fingerprint density at radius 1 is 1.14 bits per heavy atom. The van der Waals surface area contributed by atoms with E-state index in [9.17, 15) is 9.59 Å². The van der Waals surface area contributed by atoms with Crippen LogP contribution in [-0.2, 0) is 16.1 Å². The van der Waals surface area contributed by atoms with E-state index in [0.29, 0.717) is 36.3 Å². The molecule has 2 heterocycles. The van der Waals surface area contributed by atoms with Crippen LogP contribution in [0.3, 0.4) is 0 Å². The predicted octanol–water partition coefficient (Wildman–Crippen LogP) is 4.47. The third kappa shape index (κ3) is 6.89. The van der Waals surface area contributed by atoms with E-state index < -0.39 is 11.8 Å². The normalized spacial score (nSPS) is 14.7. The molecule has 1 aliphatic rings. The van der Waals surface area contributed by atoms with E-state index in [2.05, 4.69) is 21.7 Å². The first-order valence-electron chi connectivity index (χ1n) is 13.4. The summed E-state index contributed by atoms with van der Waals surface area (Å²) >= 11 is 0. The molecule has 1 aliphatic heterocycles. The maximum Gasteiger partial charge on any atom is 0.259 e. The highest BCUT2D eigenvalue weighted by atomic mass is 16.5. The molecule has 1 saturated heterocycles. The second-order valence-electron chi connectivity index (χ2n) is 10.1. The largest absolute Gasteiger partial charge is 0.378 e. The van der Waals surface area contributed by atoms with Crippen LogP contribution in [0.2, 0.25) is 0 Å². The number of piperidine rings is 1. The minimum atomic E-state index is -0.432. The molecule has 2 aromatic carbocycles. The third-order valence-electron chi connectivity index (χ3n) is 7.01. The number of hydrogen-bond acceptors (Lipinski definition) is 9. The highest BCUT2D eigenvalue weighted by molar-refractivity contribution is 6.01. The molecule has 42 heavy (non-hydrogen) atoms. The van der Waals surface area contributed by atoms with Crippen LogP contribution >= 0.6 is 0 Å². The number of hydrogen-bond donors (Lipinski definition) is 3. The highest BCUT2D eigenvalue weighted by Crippen LogP contribution is 2.31. The number of carbonyl (C=O) groups excluding carboxylic acids is 2. The summed E-state index contributed by atoms with van der Waals surface area (Å²) in [6.45, 7) is 4.57. The van der Waals surface area contributed by atoms with Crippen molar-refractivity contribution in [1.82, 2.24) is 14.9 Å². The summed E-state index contributed by atoms with van der Waals surface area (Å²) in [6.07, 6.45) is 4.42. The van der Waals surface area contributed by atoms with Crippen LogP contribution < -0.4 is 16.4 Å². The van der Waals surface area contributed by atoms with Crippen molar-refractivity contribution < 1.29 is 14.3 Å². The molecule has 1 atom stereocenters. The number of methoxy groups -OCH3 is 1. The lowest BCUT2D eigenvalue weighted by Gasteiger charge is -2.32. The van der Waals surface area contributed by atoms with E-state index in [1.807, 2.05) is 32.0 Å². The number of nitrogens with zero attached hydrogens (tertiary/aromatic N) is 5. The van der Waals surface area contributed by atoms with Crippen LogP contribution in [0.1, 0.15) is 51.1 Å². The van der Waals surface area contributed by atoms with Crippen LogP contribution in [0, 0.1) is 42.4 Å². The lowest BCUT2D eigenvalue weighted by atomic mass is 9.96. The summed E-state index contributed by atoms with van der Waals surface area (Å²) < 4.78 is 5.45. The van der Waals surface area contributed by atoms with Crippen molar-refractivity contribution in [2.75, 3.05) is 30.8 Å². The van der Waals surface area contributed by atoms with Crippen molar-refractivity contribution in [2.24, 2.45) is 11.7 Å². The Bertz CT molecular complexity index is 1580. The number of allylic oxidation sites excluding steroid dienone is 1. The smallest absolute Gasteiger partial charge is 0.259 e. The van der Waals surface area contributed by atoms with Gasteiger partial charge in [0.25, 0.3) is 5.91 Å². The summed E-state index contributed by atoms with van der Waals surface area (Å²) in [5.74, 6) is -0.696. The van der Waals surface area contributed by atoms with Crippen LogP contribution in [0.25, 0.3) is 6.08 Å². The zero-order chi connectivity index (χ0) is 30.2. The van der Waals surface area contributed by atoms with Crippen LogP contribution in [0.4, 0.5) is 23.1 Å². The van der Waals surface area contributed by atoms with Gasteiger partial charge in [0.1, 0.15) is 11.4 Å². The van der Waals surface area contributed by atoms with Gasteiger partial charge < -0.3 is 26.0 Å². The Morgan fingerprint density at radius 2 is 1.86 bits per heavy atom. The van der Waals surface area contributed by atoms with E-state index in [1.54, 1.807) is 35.2 Å². The molecular formula is C31H32N8O3. The van der Waals surface area contributed by atoms with Gasteiger partial charge in [-0.3, -0.25) is 9.59 Å². The average Bonchev–Trinajstić information content (AvgIpc) is 2.98. The molecule has 11 heteroatoms. The van der Waals surface area contributed by atoms with E-state index in [4.69, 9.17) is 26.0 Å². The minimum absolute atomic E-state index is 0.0310. The molecule has 0 radical (unpaired) electrons. The first-order valence-corrected chi connectivity index (χ1v) is 13.4. The molecule has 1 fully saturated rings. The van der Waals surface area contributed by atoms with Gasteiger partial charge in [0.05, 0.1) is 35.9 Å². The number of ether oxygens (including phenoxy) is 1. The molecule has 4 N–H and O–H groups in total. The molecule has 0 bridgehead atoms. The molecule has 1 aromatic heterocycles. The fourth-order valence-corrected chi connectivity index (χ4v) is 4.97. The maximum absolute atomic E-state index is 14.1. The summed E-state index contributed by atoms with van der Waals surface area (Å²) in [5.41, 5.74) is 10.7. The van der Waals surface area contributed by atoms with Gasteiger partial charge in [0, 0.05) is 37.7 Å². The quantitative estimate of drug-likeness (QED) is 0.317. The number of likely N-dealkylation sites (tertiary alicyclic amines) is 1. The van der Waals surface area contributed by atoms with Crippen molar-refractivity contribution in [3.8, 4) is 12.1 Å². The number of nitriles is 2. The van der Waals surface area contributed by atoms with Gasteiger partial charge in [0.2, 0.25) is 11.9 Å². The van der Waals surface area contributed by atoms with Crippen LogP contribution in [-0.4, -0.2) is 46.9 Å². The number of benzene rings is 2. The fourth-order valence-electron chi connectivity index (χ4n) is 4.97. The van der Waals surface area contributed by atoms with Crippen molar-refractivity contribution >= 4 is 41.0 Å². The van der Waals surface area contributed by atoms with Gasteiger partial charge in [-0.15, -0.1) is 0 Å². The monoisotopic (exact) mass is 564 g/mol. The molecule has 0 spiro atoms. The van der Waals surface area contributed by atoms with Gasteiger partial charge in [-0.25, -0.2) is 4.98 Å². The van der Waals surface area contributed by atoms with Gasteiger partial charge in [-0.05, 0) is 85.9 Å². The van der Waals surface area contributed by atoms with Gasteiger partial charge >= 0.3 is 0 Å². The number of amides is 2. The third-order valence-corrected chi connectivity index (χ3v) is 7.01. The number of anilines is 4. The summed E-state index contributed by atoms with van der Waals surface area (Å²) in [4.78, 5) is 37.0. The van der Waals surface area contributed by atoms with Crippen molar-refractivity contribution in [3.63, 3.8) is 0 Å². The van der Waals surface area contributed by atoms with Gasteiger partial charge in [-0.1, -0.05) is 0 Å². The number of rotatable bonds is 9. The SMILES string of the molecule is COCc1nc(Nc2ccc(C#N)cc2)nc(Nc2c(C)cc(/C=C/C#N)cc2C)c1C(=O)N1CCCC(C(N)=O)C1. The van der Waals surface area contributed by atoms with Crippen molar-refractivity contribution in [1.29, 1.82) is 10.5 Å². The Kier molecular flexibility index (Phi) is 9.48. The first kappa shape index (κ1) is 29.7.